The highest BCUT2D eigenvalue weighted by Gasteiger charge is 2.16. The first-order valence-corrected chi connectivity index (χ1v) is 9.27. The van der Waals surface area contributed by atoms with Crippen molar-refractivity contribution in [1.82, 2.24) is 15.1 Å². The highest BCUT2D eigenvalue weighted by Crippen LogP contribution is 2.17. The van der Waals surface area contributed by atoms with Crippen LogP contribution < -0.4 is 10.6 Å². The Balaban J connectivity index is 1.68. The number of rotatable bonds is 6. The molecule has 154 valence electrons. The van der Waals surface area contributed by atoms with E-state index >= 15 is 0 Å². The molecule has 0 bridgehead atoms. The van der Waals surface area contributed by atoms with Gasteiger partial charge >= 0.3 is 5.97 Å². The number of benzene rings is 2. The third-order valence-electron chi connectivity index (χ3n) is 4.53. The van der Waals surface area contributed by atoms with E-state index in [4.69, 9.17) is 0 Å². The summed E-state index contributed by atoms with van der Waals surface area (Å²) in [4.78, 5) is 35.8. The Morgan fingerprint density at radius 1 is 1.03 bits per heavy atom. The average Bonchev–Trinajstić information content (AvgIpc) is 3.13. The first-order valence-electron chi connectivity index (χ1n) is 9.27. The van der Waals surface area contributed by atoms with Crippen molar-refractivity contribution in [3.8, 4) is 5.69 Å². The third kappa shape index (κ3) is 4.72. The van der Waals surface area contributed by atoms with Gasteiger partial charge in [0, 0.05) is 11.3 Å². The van der Waals surface area contributed by atoms with Crippen molar-refractivity contribution in [2.45, 2.75) is 13.8 Å². The number of anilines is 1. The Morgan fingerprint density at radius 2 is 1.77 bits per heavy atom. The molecule has 2 N–H and O–H groups in total. The Kier molecular flexibility index (Phi) is 6.26. The molecule has 2 amide bonds. The standard InChI is InChI=1S/C22H22N4O4/c1-14-5-4-6-18(11-14)26-15(2)19(12-24-26)22(29)25-17-9-7-16(8-10-17)21(28)23-13-20(27)30-3/h4-12H,13H2,1-3H3,(H,23,28)(H,25,29). The van der Waals surface area contributed by atoms with Gasteiger partial charge in [-0.3, -0.25) is 14.4 Å². The monoisotopic (exact) mass is 406 g/mol. The third-order valence-corrected chi connectivity index (χ3v) is 4.53. The van der Waals surface area contributed by atoms with E-state index in [0.29, 0.717) is 16.8 Å². The molecule has 3 aromatic rings. The summed E-state index contributed by atoms with van der Waals surface area (Å²) in [5.41, 5.74) is 4.05. The molecular weight excluding hydrogens is 384 g/mol. The van der Waals surface area contributed by atoms with Crippen LogP contribution in [0.2, 0.25) is 0 Å². The van der Waals surface area contributed by atoms with E-state index in [-0.39, 0.29) is 12.5 Å². The lowest BCUT2D eigenvalue weighted by atomic mass is 10.1. The van der Waals surface area contributed by atoms with Gasteiger partial charge in [0.1, 0.15) is 6.54 Å². The van der Waals surface area contributed by atoms with Crippen LogP contribution in [0, 0.1) is 13.8 Å². The van der Waals surface area contributed by atoms with Gasteiger partial charge in [0.15, 0.2) is 0 Å². The topological polar surface area (TPSA) is 102 Å². The average molecular weight is 406 g/mol. The second-order valence-electron chi connectivity index (χ2n) is 6.68. The quantitative estimate of drug-likeness (QED) is 0.613. The summed E-state index contributed by atoms with van der Waals surface area (Å²) >= 11 is 0. The van der Waals surface area contributed by atoms with E-state index in [1.54, 1.807) is 28.9 Å². The molecule has 0 aliphatic carbocycles. The number of hydrogen-bond acceptors (Lipinski definition) is 5. The summed E-state index contributed by atoms with van der Waals surface area (Å²) in [5.74, 6) is -1.24. The number of ether oxygens (including phenoxy) is 1. The van der Waals surface area contributed by atoms with Gasteiger partial charge in [0.25, 0.3) is 11.8 Å². The number of amides is 2. The van der Waals surface area contributed by atoms with E-state index in [1.165, 1.54) is 13.3 Å². The number of hydrogen-bond donors (Lipinski definition) is 2. The molecule has 1 heterocycles. The van der Waals surface area contributed by atoms with Crippen LogP contribution in [-0.4, -0.2) is 41.2 Å². The molecular formula is C22H22N4O4. The molecule has 2 aromatic carbocycles. The van der Waals surface area contributed by atoms with Crippen molar-refractivity contribution in [1.29, 1.82) is 0 Å². The molecule has 8 heteroatoms. The Bertz CT molecular complexity index is 1090. The van der Waals surface area contributed by atoms with Gasteiger partial charge < -0.3 is 15.4 Å². The highest BCUT2D eigenvalue weighted by molar-refractivity contribution is 6.05. The van der Waals surface area contributed by atoms with E-state index in [9.17, 15) is 14.4 Å². The fraction of sp³-hybridized carbons (Fsp3) is 0.182. The maximum Gasteiger partial charge on any atom is 0.325 e. The number of aromatic nitrogens is 2. The van der Waals surface area contributed by atoms with Crippen LogP contribution >= 0.6 is 0 Å². The lowest BCUT2D eigenvalue weighted by Crippen LogP contribution is -2.30. The van der Waals surface area contributed by atoms with Crippen molar-refractivity contribution < 1.29 is 19.1 Å². The number of esters is 1. The molecule has 1 aromatic heterocycles. The van der Waals surface area contributed by atoms with Crippen LogP contribution in [0.3, 0.4) is 0 Å². The second-order valence-corrected chi connectivity index (χ2v) is 6.68. The smallest absolute Gasteiger partial charge is 0.325 e. The van der Waals surface area contributed by atoms with Gasteiger partial charge in [0.2, 0.25) is 0 Å². The van der Waals surface area contributed by atoms with E-state index in [0.717, 1.165) is 16.9 Å². The van der Waals surface area contributed by atoms with Gasteiger partial charge in [-0.15, -0.1) is 0 Å². The molecule has 0 radical (unpaired) electrons. The summed E-state index contributed by atoms with van der Waals surface area (Å²) in [5, 5.41) is 9.59. The van der Waals surface area contributed by atoms with Crippen LogP contribution in [0.1, 0.15) is 32.0 Å². The molecule has 0 spiro atoms. The highest BCUT2D eigenvalue weighted by atomic mass is 16.5. The Hall–Kier alpha value is -3.94. The van der Waals surface area contributed by atoms with Gasteiger partial charge in [-0.2, -0.15) is 5.10 Å². The first kappa shape index (κ1) is 20.8. The zero-order valence-corrected chi connectivity index (χ0v) is 16.9. The summed E-state index contributed by atoms with van der Waals surface area (Å²) in [6.45, 7) is 3.62. The lowest BCUT2D eigenvalue weighted by molar-refractivity contribution is -0.139. The predicted octanol–water partition coefficient (Wildman–Crippen LogP) is 2.64. The van der Waals surface area contributed by atoms with Crippen LogP contribution in [0.4, 0.5) is 5.69 Å². The van der Waals surface area contributed by atoms with Crippen molar-refractivity contribution >= 4 is 23.5 Å². The van der Waals surface area contributed by atoms with Crippen LogP contribution in [-0.2, 0) is 9.53 Å². The molecule has 0 aliphatic heterocycles. The molecule has 3 rings (SSSR count). The minimum absolute atomic E-state index is 0.210. The molecule has 0 saturated heterocycles. The van der Waals surface area contributed by atoms with Crippen molar-refractivity contribution in [2.75, 3.05) is 19.0 Å². The summed E-state index contributed by atoms with van der Waals surface area (Å²) in [6, 6.07) is 14.2. The maximum atomic E-state index is 12.7. The first-order chi connectivity index (χ1) is 14.4. The van der Waals surface area contributed by atoms with Crippen molar-refractivity contribution in [3.63, 3.8) is 0 Å². The minimum Gasteiger partial charge on any atom is -0.468 e. The number of nitrogens with zero attached hydrogens (tertiary/aromatic N) is 2. The zero-order chi connectivity index (χ0) is 21.7. The fourth-order valence-corrected chi connectivity index (χ4v) is 2.88. The van der Waals surface area contributed by atoms with Gasteiger partial charge in [-0.05, 0) is 55.8 Å². The molecule has 0 aliphatic rings. The molecule has 0 atom stereocenters. The SMILES string of the molecule is COC(=O)CNC(=O)c1ccc(NC(=O)c2cnn(-c3cccc(C)c3)c2C)cc1. The number of carbonyl (C=O) groups is 3. The van der Waals surface area contributed by atoms with Crippen LogP contribution in [0.5, 0.6) is 0 Å². The zero-order valence-electron chi connectivity index (χ0n) is 16.9. The molecule has 30 heavy (non-hydrogen) atoms. The Labute approximate surface area is 173 Å². The predicted molar refractivity (Wildman–Crippen MR) is 112 cm³/mol. The van der Waals surface area contributed by atoms with Gasteiger partial charge in [0.05, 0.1) is 30.3 Å². The normalized spacial score (nSPS) is 10.4. The largest absolute Gasteiger partial charge is 0.468 e. The molecule has 0 fully saturated rings. The number of aryl methyl sites for hydroxylation is 1. The van der Waals surface area contributed by atoms with Crippen molar-refractivity contribution in [2.24, 2.45) is 0 Å². The molecule has 0 unspecified atom stereocenters. The number of nitrogens with one attached hydrogen (secondary N) is 2. The molecule has 0 saturated carbocycles. The lowest BCUT2D eigenvalue weighted by Gasteiger charge is -2.08. The van der Waals surface area contributed by atoms with Gasteiger partial charge in [-0.25, -0.2) is 4.68 Å². The second kappa shape index (κ2) is 9.04. The summed E-state index contributed by atoms with van der Waals surface area (Å²) in [7, 11) is 1.25. The van der Waals surface area contributed by atoms with Crippen molar-refractivity contribution in [3.05, 3.63) is 77.1 Å². The number of methoxy groups -OCH3 is 1. The van der Waals surface area contributed by atoms with Crippen LogP contribution in [0.25, 0.3) is 5.69 Å². The van der Waals surface area contributed by atoms with Crippen LogP contribution in [0.15, 0.2) is 54.7 Å². The number of carbonyl (C=O) groups excluding carboxylic acids is 3. The Morgan fingerprint density at radius 3 is 2.43 bits per heavy atom. The summed E-state index contributed by atoms with van der Waals surface area (Å²) in [6.07, 6.45) is 1.53. The maximum absolute atomic E-state index is 12.7. The van der Waals surface area contributed by atoms with E-state index < -0.39 is 11.9 Å². The fourth-order valence-electron chi connectivity index (χ4n) is 2.88. The molecule has 8 nitrogen and oxygen atoms in total. The van der Waals surface area contributed by atoms with E-state index in [1.807, 2.05) is 38.1 Å². The van der Waals surface area contributed by atoms with Gasteiger partial charge in [-0.1, -0.05) is 12.1 Å². The minimum atomic E-state index is -0.534. The van der Waals surface area contributed by atoms with E-state index in [2.05, 4.69) is 20.5 Å². The summed E-state index contributed by atoms with van der Waals surface area (Å²) < 4.78 is 6.20.